The number of nitrogens with one attached hydrogen (secondary N) is 1. The third kappa shape index (κ3) is 1.30. The lowest BCUT2D eigenvalue weighted by molar-refractivity contribution is -0.122. The van der Waals surface area contributed by atoms with Gasteiger partial charge in [-0.15, -0.1) is 0 Å². The molecule has 3 amide bonds. The van der Waals surface area contributed by atoms with E-state index in [1.807, 2.05) is 10.7 Å². The molecule has 0 saturated carbocycles. The van der Waals surface area contributed by atoms with Crippen molar-refractivity contribution in [2.75, 3.05) is 6.54 Å². The summed E-state index contributed by atoms with van der Waals surface area (Å²) in [7, 11) is 0. The normalized spacial score (nSPS) is 24.5. The number of rotatable bonds is 1. The zero-order valence-corrected chi connectivity index (χ0v) is 8.72. The molecular weight excluding hydrogens is 208 g/mol. The van der Waals surface area contributed by atoms with Gasteiger partial charge >= 0.3 is 6.03 Å². The molecule has 1 saturated heterocycles. The fourth-order valence-corrected chi connectivity index (χ4v) is 2.36. The molecule has 1 fully saturated rings. The highest BCUT2D eigenvalue weighted by Gasteiger charge is 2.34. The van der Waals surface area contributed by atoms with Crippen molar-refractivity contribution in [2.45, 2.75) is 25.4 Å². The van der Waals surface area contributed by atoms with Crippen LogP contribution in [0.4, 0.5) is 4.79 Å². The molecule has 1 N–H and O–H groups in total. The van der Waals surface area contributed by atoms with Crippen LogP contribution >= 0.6 is 0 Å². The van der Waals surface area contributed by atoms with Gasteiger partial charge in [-0.25, -0.2) is 9.48 Å². The van der Waals surface area contributed by atoms with Gasteiger partial charge in [0.15, 0.2) is 0 Å². The van der Waals surface area contributed by atoms with Gasteiger partial charge in [-0.2, -0.15) is 5.10 Å². The SMILES string of the molecule is O=C1CCN(C2CCc3ccnn32)C(=O)N1. The van der Waals surface area contributed by atoms with Crippen LogP contribution in [0.15, 0.2) is 12.3 Å². The van der Waals surface area contributed by atoms with Crippen LogP contribution in [0.5, 0.6) is 0 Å². The minimum absolute atomic E-state index is 0.0295. The number of hydrogen-bond donors (Lipinski definition) is 1. The van der Waals surface area contributed by atoms with Gasteiger partial charge in [0.1, 0.15) is 6.17 Å². The Labute approximate surface area is 92.2 Å². The van der Waals surface area contributed by atoms with Crippen LogP contribution in [0.2, 0.25) is 0 Å². The van der Waals surface area contributed by atoms with E-state index in [1.165, 1.54) is 0 Å². The summed E-state index contributed by atoms with van der Waals surface area (Å²) in [5.74, 6) is -0.195. The van der Waals surface area contributed by atoms with Crippen molar-refractivity contribution in [3.05, 3.63) is 18.0 Å². The number of amides is 3. The minimum atomic E-state index is -0.301. The molecule has 0 bridgehead atoms. The first-order valence-corrected chi connectivity index (χ1v) is 5.38. The summed E-state index contributed by atoms with van der Waals surface area (Å²) < 4.78 is 1.87. The topological polar surface area (TPSA) is 67.2 Å². The molecule has 0 radical (unpaired) electrons. The van der Waals surface area contributed by atoms with Crippen molar-refractivity contribution in [1.29, 1.82) is 0 Å². The second-order valence-corrected chi connectivity index (χ2v) is 4.08. The largest absolute Gasteiger partial charge is 0.325 e. The Hall–Kier alpha value is -1.85. The van der Waals surface area contributed by atoms with E-state index in [-0.39, 0.29) is 18.1 Å². The molecule has 3 heterocycles. The van der Waals surface area contributed by atoms with E-state index in [4.69, 9.17) is 0 Å². The number of fused-ring (bicyclic) bond motifs is 1. The summed E-state index contributed by atoms with van der Waals surface area (Å²) in [4.78, 5) is 24.4. The van der Waals surface area contributed by atoms with Gasteiger partial charge in [-0.1, -0.05) is 0 Å². The van der Waals surface area contributed by atoms with Gasteiger partial charge in [-0.3, -0.25) is 10.1 Å². The number of imide groups is 1. The van der Waals surface area contributed by atoms with Crippen LogP contribution < -0.4 is 5.32 Å². The molecular formula is C10H12N4O2. The lowest BCUT2D eigenvalue weighted by atomic mass is 10.2. The third-order valence-corrected chi connectivity index (χ3v) is 3.14. The molecule has 6 heteroatoms. The third-order valence-electron chi connectivity index (χ3n) is 3.14. The molecule has 16 heavy (non-hydrogen) atoms. The molecule has 2 aliphatic heterocycles. The molecule has 2 aliphatic rings. The van der Waals surface area contributed by atoms with Crippen molar-refractivity contribution in [1.82, 2.24) is 20.0 Å². The first-order chi connectivity index (χ1) is 7.75. The molecule has 84 valence electrons. The van der Waals surface area contributed by atoms with E-state index in [1.54, 1.807) is 11.1 Å². The van der Waals surface area contributed by atoms with Crippen LogP contribution in [0.3, 0.4) is 0 Å². The quantitative estimate of drug-likeness (QED) is 0.738. The predicted octanol–water partition coefficient (Wildman–Crippen LogP) is 0.270. The molecule has 0 spiro atoms. The van der Waals surface area contributed by atoms with Crippen LogP contribution in [-0.4, -0.2) is 33.2 Å². The van der Waals surface area contributed by atoms with Crippen LogP contribution in [0.25, 0.3) is 0 Å². The van der Waals surface area contributed by atoms with Crippen LogP contribution in [0.1, 0.15) is 24.7 Å². The second-order valence-electron chi connectivity index (χ2n) is 4.08. The highest BCUT2D eigenvalue weighted by atomic mass is 16.2. The number of aromatic nitrogens is 2. The van der Waals surface area contributed by atoms with Crippen LogP contribution in [-0.2, 0) is 11.2 Å². The average Bonchev–Trinajstić information content (AvgIpc) is 2.80. The highest BCUT2D eigenvalue weighted by molar-refractivity contribution is 5.96. The first-order valence-electron chi connectivity index (χ1n) is 5.38. The second kappa shape index (κ2) is 3.33. The highest BCUT2D eigenvalue weighted by Crippen LogP contribution is 2.28. The summed E-state index contributed by atoms with van der Waals surface area (Å²) >= 11 is 0. The summed E-state index contributed by atoms with van der Waals surface area (Å²) in [5.41, 5.74) is 1.15. The molecule has 1 unspecified atom stereocenters. The zero-order chi connectivity index (χ0) is 11.1. The van der Waals surface area contributed by atoms with Crippen molar-refractivity contribution < 1.29 is 9.59 Å². The Morgan fingerprint density at radius 2 is 2.25 bits per heavy atom. The number of aryl methyl sites for hydroxylation is 1. The monoisotopic (exact) mass is 220 g/mol. The van der Waals surface area contributed by atoms with E-state index in [9.17, 15) is 9.59 Å². The smallest absolute Gasteiger partial charge is 0.302 e. The summed E-state index contributed by atoms with van der Waals surface area (Å²) in [5, 5.41) is 6.55. The molecule has 6 nitrogen and oxygen atoms in total. The summed E-state index contributed by atoms with van der Waals surface area (Å²) in [6, 6.07) is 1.66. The molecule has 1 aromatic rings. The Morgan fingerprint density at radius 3 is 3.06 bits per heavy atom. The number of urea groups is 1. The lowest BCUT2D eigenvalue weighted by Crippen LogP contribution is -2.51. The van der Waals surface area contributed by atoms with Crippen LogP contribution in [0, 0.1) is 0 Å². The number of carbonyl (C=O) groups excluding carboxylic acids is 2. The number of hydrogen-bond acceptors (Lipinski definition) is 3. The van der Waals surface area contributed by atoms with Crippen molar-refractivity contribution in [3.63, 3.8) is 0 Å². The van der Waals surface area contributed by atoms with Crippen molar-refractivity contribution >= 4 is 11.9 Å². The molecule has 0 aliphatic carbocycles. The Bertz CT molecular complexity index is 453. The minimum Gasteiger partial charge on any atom is -0.302 e. The summed E-state index contributed by atoms with van der Waals surface area (Å²) in [6.07, 6.45) is 3.90. The molecule has 3 rings (SSSR count). The number of nitrogens with zero attached hydrogens (tertiary/aromatic N) is 3. The fraction of sp³-hybridized carbons (Fsp3) is 0.500. The Kier molecular flexibility index (Phi) is 1.95. The maximum absolute atomic E-state index is 11.7. The number of carbonyl (C=O) groups is 2. The standard InChI is InChI=1S/C10H12N4O2/c15-8-4-6-13(10(16)12-8)9-2-1-7-3-5-11-14(7)9/h3,5,9H,1-2,4,6H2,(H,12,15,16). The molecule has 0 aromatic carbocycles. The molecule has 1 aromatic heterocycles. The Balaban J connectivity index is 1.84. The fourth-order valence-electron chi connectivity index (χ4n) is 2.36. The van der Waals surface area contributed by atoms with Gasteiger partial charge in [0.25, 0.3) is 0 Å². The van der Waals surface area contributed by atoms with E-state index in [2.05, 4.69) is 10.4 Å². The lowest BCUT2D eigenvalue weighted by Gasteiger charge is -2.32. The zero-order valence-electron chi connectivity index (χ0n) is 8.72. The van der Waals surface area contributed by atoms with Gasteiger partial charge < -0.3 is 4.90 Å². The van der Waals surface area contributed by atoms with Crippen molar-refractivity contribution in [2.24, 2.45) is 0 Å². The van der Waals surface area contributed by atoms with E-state index in [0.717, 1.165) is 18.5 Å². The predicted molar refractivity (Wildman–Crippen MR) is 54.4 cm³/mol. The van der Waals surface area contributed by atoms with Gasteiger partial charge in [0.2, 0.25) is 5.91 Å². The van der Waals surface area contributed by atoms with Gasteiger partial charge in [0, 0.05) is 24.9 Å². The Morgan fingerprint density at radius 1 is 1.38 bits per heavy atom. The van der Waals surface area contributed by atoms with E-state index >= 15 is 0 Å². The van der Waals surface area contributed by atoms with Gasteiger partial charge in [0.05, 0.1) is 0 Å². The summed E-state index contributed by atoms with van der Waals surface area (Å²) in [6.45, 7) is 0.481. The molecule has 1 atom stereocenters. The van der Waals surface area contributed by atoms with E-state index < -0.39 is 0 Å². The maximum Gasteiger partial charge on any atom is 0.325 e. The van der Waals surface area contributed by atoms with E-state index in [0.29, 0.717) is 13.0 Å². The maximum atomic E-state index is 11.7. The average molecular weight is 220 g/mol. The van der Waals surface area contributed by atoms with Gasteiger partial charge in [-0.05, 0) is 18.9 Å². The first kappa shape index (κ1) is 9.38. The van der Waals surface area contributed by atoms with Crippen molar-refractivity contribution in [3.8, 4) is 0 Å².